The van der Waals surface area contributed by atoms with Crippen molar-refractivity contribution in [2.45, 2.75) is 50.2 Å². The zero-order chi connectivity index (χ0) is 20.6. The molecule has 3 aliphatic rings. The van der Waals surface area contributed by atoms with Crippen molar-refractivity contribution in [3.8, 4) is 0 Å². The maximum Gasteiger partial charge on any atom is 0.237 e. The number of aliphatic hydroxyl groups excluding tert-OH is 1. The Morgan fingerprint density at radius 2 is 2.21 bits per heavy atom. The lowest BCUT2D eigenvalue weighted by Gasteiger charge is -2.49. The molecule has 1 amide bonds. The number of amides is 1. The van der Waals surface area contributed by atoms with E-state index in [-0.39, 0.29) is 36.4 Å². The Balaban J connectivity index is 1.78. The van der Waals surface area contributed by atoms with Gasteiger partial charge in [-0.1, -0.05) is 30.2 Å². The first kappa shape index (κ1) is 19.6. The molecule has 1 aromatic rings. The van der Waals surface area contributed by atoms with Crippen LogP contribution in [0.2, 0.25) is 0 Å². The van der Waals surface area contributed by atoms with Crippen molar-refractivity contribution < 1.29 is 9.90 Å². The molecule has 1 aromatic carbocycles. The van der Waals surface area contributed by atoms with Gasteiger partial charge in [-0.05, 0) is 60.6 Å². The van der Waals surface area contributed by atoms with Crippen molar-refractivity contribution in [1.82, 2.24) is 5.01 Å². The van der Waals surface area contributed by atoms with Crippen LogP contribution in [0.5, 0.6) is 0 Å². The lowest BCUT2D eigenvalue weighted by atomic mass is 9.61. The number of azide groups is 1. The van der Waals surface area contributed by atoms with Gasteiger partial charge in [0.2, 0.25) is 5.91 Å². The number of aliphatic hydroxyl groups is 1. The lowest BCUT2D eigenvalue weighted by molar-refractivity contribution is -0.126. The van der Waals surface area contributed by atoms with E-state index in [2.05, 4.69) is 27.2 Å². The molecule has 1 saturated carbocycles. The number of rotatable bonds is 4. The fourth-order valence-corrected chi connectivity index (χ4v) is 5.88. The zero-order valence-electron chi connectivity index (χ0n) is 16.5. The molecule has 0 radical (unpaired) electrons. The molecule has 0 bridgehead atoms. The third-order valence-corrected chi connectivity index (χ3v) is 7.43. The van der Waals surface area contributed by atoms with Crippen LogP contribution in [0.15, 0.2) is 29.4 Å². The van der Waals surface area contributed by atoms with Gasteiger partial charge in [0.05, 0.1) is 12.6 Å². The zero-order valence-corrected chi connectivity index (χ0v) is 16.5. The van der Waals surface area contributed by atoms with E-state index < -0.39 is 5.41 Å². The molecule has 8 heteroatoms. The fraction of sp³-hybridized carbons (Fsp3) is 0.619. The Bertz CT molecular complexity index is 891. The van der Waals surface area contributed by atoms with E-state index in [1.165, 1.54) is 0 Å². The Kier molecular flexibility index (Phi) is 5.12. The summed E-state index contributed by atoms with van der Waals surface area (Å²) < 4.78 is 0. The summed E-state index contributed by atoms with van der Waals surface area (Å²) in [6.07, 6.45) is 2.36. The van der Waals surface area contributed by atoms with Crippen molar-refractivity contribution in [1.29, 1.82) is 0 Å². The number of nitrogens with one attached hydrogen (secondary N) is 1. The van der Waals surface area contributed by atoms with Crippen LogP contribution in [0.25, 0.3) is 15.4 Å². The maximum absolute atomic E-state index is 13.4. The number of para-hydroxylation sites is 1. The van der Waals surface area contributed by atoms with Crippen molar-refractivity contribution in [3.63, 3.8) is 0 Å². The summed E-state index contributed by atoms with van der Waals surface area (Å²) in [6.45, 7) is 10.7. The van der Waals surface area contributed by atoms with Crippen LogP contribution in [-0.4, -0.2) is 41.3 Å². The van der Waals surface area contributed by atoms with Crippen LogP contribution in [0.4, 0.5) is 5.69 Å². The molecule has 0 aromatic heterocycles. The number of hydrogen-bond acceptors (Lipinski definition) is 4. The first-order chi connectivity index (χ1) is 14.0. The van der Waals surface area contributed by atoms with Crippen molar-refractivity contribution in [2.24, 2.45) is 22.9 Å². The van der Waals surface area contributed by atoms with E-state index in [1.807, 2.05) is 24.3 Å². The molecule has 1 aliphatic carbocycles. The summed E-state index contributed by atoms with van der Waals surface area (Å²) in [7, 11) is 0. The van der Waals surface area contributed by atoms with Gasteiger partial charge in [-0.25, -0.2) is 0 Å². The molecule has 0 spiro atoms. The predicted molar refractivity (Wildman–Crippen MR) is 108 cm³/mol. The Hall–Kier alpha value is -2.75. The first-order valence-electron chi connectivity index (χ1n) is 10.3. The molecular weight excluding hydrogens is 368 g/mol. The summed E-state index contributed by atoms with van der Waals surface area (Å²) >= 11 is 0. The monoisotopic (exact) mass is 394 g/mol. The average Bonchev–Trinajstić information content (AvgIpc) is 3.02. The summed E-state index contributed by atoms with van der Waals surface area (Å²) in [5.41, 5.74) is 9.48. The van der Waals surface area contributed by atoms with Crippen LogP contribution >= 0.6 is 0 Å². The minimum atomic E-state index is -0.942. The van der Waals surface area contributed by atoms with Gasteiger partial charge in [-0.3, -0.25) is 4.79 Å². The first-order valence-corrected chi connectivity index (χ1v) is 10.3. The van der Waals surface area contributed by atoms with E-state index in [1.54, 1.807) is 5.01 Å². The minimum Gasteiger partial charge on any atom is -0.393 e. The van der Waals surface area contributed by atoms with E-state index in [9.17, 15) is 9.90 Å². The molecule has 0 unspecified atom stereocenters. The summed E-state index contributed by atoms with van der Waals surface area (Å²) in [5.74, 6) is 0.622. The molecule has 8 nitrogen and oxygen atoms in total. The lowest BCUT2D eigenvalue weighted by Crippen LogP contribution is -2.59. The van der Waals surface area contributed by atoms with Gasteiger partial charge in [0.15, 0.2) is 0 Å². The summed E-state index contributed by atoms with van der Waals surface area (Å²) in [5, 5.41) is 18.9. The van der Waals surface area contributed by atoms with E-state index >= 15 is 0 Å². The number of carbonyl (C=O) groups is 1. The van der Waals surface area contributed by atoms with Gasteiger partial charge in [-0.2, -0.15) is 11.5 Å². The van der Waals surface area contributed by atoms with Gasteiger partial charge in [0, 0.05) is 17.1 Å². The van der Waals surface area contributed by atoms with E-state index in [0.717, 1.165) is 24.1 Å². The molecule has 2 aliphatic heterocycles. The normalized spacial score (nSPS) is 35.7. The molecule has 152 valence electrons. The summed E-state index contributed by atoms with van der Waals surface area (Å²) in [4.78, 5) is 20.1. The molecule has 6 atom stereocenters. The topological polar surface area (TPSA) is 106 Å². The second-order valence-corrected chi connectivity index (χ2v) is 8.58. The predicted octanol–water partition coefficient (Wildman–Crippen LogP) is 3.51. The Morgan fingerprint density at radius 1 is 1.41 bits per heavy atom. The maximum atomic E-state index is 13.4. The van der Waals surface area contributed by atoms with E-state index in [0.29, 0.717) is 25.3 Å². The number of fused-ring (bicyclic) bond motifs is 2. The highest BCUT2D eigenvalue weighted by Crippen LogP contribution is 2.51. The SMILES string of the molecule is [C-]#[N+]N1C[C@@H]2CC[C@H](O)[C@H](C)[C@H]2C[C@H]1[C@@]1(CCN=[N+]=[N-])C(=O)Nc2ccccc21. The van der Waals surface area contributed by atoms with Crippen LogP contribution in [-0.2, 0) is 10.2 Å². The fourth-order valence-electron chi connectivity index (χ4n) is 5.88. The molecule has 2 heterocycles. The number of anilines is 1. The standard InChI is InChI=1S/C21H26N6O2/c1-13-15-11-19(27(23-2)12-14(15)7-8-18(13)28)21(9-10-24-26-22)16-5-3-4-6-17(16)25-20(21)29/h3-6,13-15,18-19,28H,7-12H2,1H3,(H,25,29)/t13-,14+,15-,18+,19+,21+/m1/s1. The Morgan fingerprint density at radius 3 is 2.97 bits per heavy atom. The van der Waals surface area contributed by atoms with Gasteiger partial charge in [-0.15, -0.1) is 5.01 Å². The van der Waals surface area contributed by atoms with Crippen molar-refractivity contribution in [2.75, 3.05) is 18.4 Å². The molecule has 1 saturated heterocycles. The highest BCUT2D eigenvalue weighted by molar-refractivity contribution is 6.07. The van der Waals surface area contributed by atoms with E-state index in [4.69, 9.17) is 12.1 Å². The highest BCUT2D eigenvalue weighted by atomic mass is 16.3. The molecule has 29 heavy (non-hydrogen) atoms. The molecular formula is C21H26N6O2. The van der Waals surface area contributed by atoms with Crippen molar-refractivity contribution in [3.05, 3.63) is 51.8 Å². The number of piperidine rings is 1. The quantitative estimate of drug-likeness (QED) is 0.353. The number of benzene rings is 1. The third kappa shape index (κ3) is 3.02. The highest BCUT2D eigenvalue weighted by Gasteiger charge is 2.59. The number of carbonyl (C=O) groups excluding carboxylic acids is 1. The molecule has 2 fully saturated rings. The van der Waals surface area contributed by atoms with Gasteiger partial charge in [0.25, 0.3) is 0 Å². The molecule has 4 rings (SSSR count). The Labute approximate surface area is 170 Å². The van der Waals surface area contributed by atoms with Gasteiger partial charge >= 0.3 is 0 Å². The van der Waals surface area contributed by atoms with Gasteiger partial charge in [0.1, 0.15) is 11.5 Å². The largest absolute Gasteiger partial charge is 0.393 e. The third-order valence-electron chi connectivity index (χ3n) is 7.43. The van der Waals surface area contributed by atoms with Crippen LogP contribution in [0.1, 0.15) is 38.2 Å². The van der Waals surface area contributed by atoms with Crippen LogP contribution in [0, 0.1) is 24.3 Å². The van der Waals surface area contributed by atoms with Crippen LogP contribution in [0.3, 0.4) is 0 Å². The number of nitrogens with zero attached hydrogens (tertiary/aromatic N) is 5. The summed E-state index contributed by atoms with van der Waals surface area (Å²) in [6, 6.07) is 7.28. The smallest absolute Gasteiger partial charge is 0.237 e. The average molecular weight is 394 g/mol. The van der Waals surface area contributed by atoms with Crippen LogP contribution < -0.4 is 5.32 Å². The number of hydrogen-bond donors (Lipinski definition) is 2. The van der Waals surface area contributed by atoms with Crippen molar-refractivity contribution >= 4 is 11.6 Å². The minimum absolute atomic E-state index is 0.132. The second kappa shape index (κ2) is 7.58. The van der Waals surface area contributed by atoms with Gasteiger partial charge < -0.3 is 10.4 Å². The molecule has 2 N–H and O–H groups in total. The second-order valence-electron chi connectivity index (χ2n) is 8.58.